The molecular weight excluding hydrogens is 504 g/mol. The monoisotopic (exact) mass is 550 g/mol. The van der Waals surface area contributed by atoms with Crippen molar-refractivity contribution in [3.05, 3.63) is 0 Å². The summed E-state index contributed by atoms with van der Waals surface area (Å²) in [7, 11) is 1.62. The topological polar surface area (TPSA) is 255 Å². The molecule has 0 bridgehead atoms. The Morgan fingerprint density at radius 3 is 2.26 bits per heavy atom. The van der Waals surface area contributed by atoms with Crippen LogP contribution in [0, 0.1) is 0 Å². The molecule has 15 heteroatoms. The Morgan fingerprint density at radius 1 is 0.842 bits per heavy atom. The maximum absolute atomic E-state index is 11.2. The zero-order valence-electron chi connectivity index (χ0n) is 21.7. The van der Waals surface area contributed by atoms with Crippen molar-refractivity contribution in [3.8, 4) is 0 Å². The average Bonchev–Trinajstić information content (AvgIpc) is 2.88. The van der Waals surface area contributed by atoms with E-state index >= 15 is 0 Å². The third-order valence-corrected chi connectivity index (χ3v) is 8.01. The van der Waals surface area contributed by atoms with Gasteiger partial charge in [-0.15, -0.1) is 0 Å². The van der Waals surface area contributed by atoms with Crippen LogP contribution in [0.5, 0.6) is 0 Å². The maximum atomic E-state index is 11.2. The Hall–Kier alpha value is -0.600. The fourth-order valence-electron chi connectivity index (χ4n) is 5.86. The van der Waals surface area contributed by atoms with Gasteiger partial charge in [0.2, 0.25) is 0 Å². The number of nitrogens with one attached hydrogen (secondary N) is 2. The predicted molar refractivity (Wildman–Crippen MR) is 133 cm³/mol. The van der Waals surface area contributed by atoms with Gasteiger partial charge in [0.25, 0.3) is 0 Å². The number of fused-ring (bicyclic) bond motifs is 1. The minimum absolute atomic E-state index is 0.0468. The summed E-state index contributed by atoms with van der Waals surface area (Å²) in [6.07, 6.45) is -7.13. The molecule has 0 aromatic rings. The fourth-order valence-corrected chi connectivity index (χ4v) is 5.86. The lowest BCUT2D eigenvalue weighted by Crippen LogP contribution is -2.70. The second kappa shape index (κ2) is 13.4. The van der Waals surface area contributed by atoms with Gasteiger partial charge in [-0.1, -0.05) is 0 Å². The van der Waals surface area contributed by atoms with Gasteiger partial charge in [0, 0.05) is 25.2 Å². The van der Waals surface area contributed by atoms with Gasteiger partial charge in [-0.2, -0.15) is 0 Å². The minimum Gasteiger partial charge on any atom is -0.394 e. The highest BCUT2D eigenvalue weighted by Gasteiger charge is 2.53. The first-order chi connectivity index (χ1) is 18.2. The second-order valence-corrected chi connectivity index (χ2v) is 10.7. The molecule has 1 aliphatic carbocycles. The predicted octanol–water partition coefficient (Wildman–Crippen LogP) is -5.30. The molecule has 3 aliphatic heterocycles. The molecule has 38 heavy (non-hydrogen) atoms. The minimum atomic E-state index is -1.46. The summed E-state index contributed by atoms with van der Waals surface area (Å²) >= 11 is 0. The van der Waals surface area contributed by atoms with Gasteiger partial charge in [0.1, 0.15) is 30.5 Å². The summed E-state index contributed by atoms with van der Waals surface area (Å²) in [5, 5.41) is 48.3. The van der Waals surface area contributed by atoms with Crippen LogP contribution < -0.4 is 33.6 Å². The Kier molecular flexibility index (Phi) is 10.7. The van der Waals surface area contributed by atoms with Crippen LogP contribution in [0.4, 0.5) is 0 Å². The molecule has 14 N–H and O–H groups in total. The molecule has 0 aromatic heterocycles. The zero-order valence-corrected chi connectivity index (χ0v) is 21.7. The van der Waals surface area contributed by atoms with Crippen molar-refractivity contribution in [3.63, 3.8) is 0 Å². The number of likely N-dealkylation sites (N-methyl/N-ethyl adjacent to an activating group) is 1. The van der Waals surface area contributed by atoms with E-state index in [0.717, 1.165) is 6.42 Å². The molecule has 0 spiro atoms. The summed E-state index contributed by atoms with van der Waals surface area (Å²) in [5.74, 6) is 0. The van der Waals surface area contributed by atoms with Gasteiger partial charge < -0.3 is 77.7 Å². The molecule has 15 nitrogen and oxygen atoms in total. The van der Waals surface area contributed by atoms with Crippen molar-refractivity contribution in [2.24, 2.45) is 22.9 Å². The number of aliphatic hydroxyl groups excluding tert-OH is 4. The Morgan fingerprint density at radius 2 is 1.61 bits per heavy atom. The Bertz CT molecular complexity index is 741. The molecule has 11 unspecified atom stereocenters. The summed E-state index contributed by atoms with van der Waals surface area (Å²) in [6.45, 7) is 0.226. The highest BCUT2D eigenvalue weighted by Crippen LogP contribution is 2.35. The van der Waals surface area contributed by atoms with Crippen molar-refractivity contribution in [1.82, 2.24) is 10.6 Å². The van der Waals surface area contributed by atoms with Crippen LogP contribution in [-0.4, -0.2) is 139 Å². The fraction of sp³-hybridized carbons (Fsp3) is 1.00. The van der Waals surface area contributed by atoms with Crippen LogP contribution in [0.2, 0.25) is 0 Å². The first-order valence-electron chi connectivity index (χ1n) is 13.5. The Balaban J connectivity index is 1.40. The smallest absolute Gasteiger partial charge is 0.189 e. The number of rotatable bonds is 9. The van der Waals surface area contributed by atoms with E-state index in [1.807, 2.05) is 0 Å². The average molecular weight is 551 g/mol. The number of nitrogens with two attached hydrogens (primary N) is 4. The van der Waals surface area contributed by atoms with Crippen molar-refractivity contribution in [2.75, 3.05) is 26.7 Å². The van der Waals surface area contributed by atoms with Crippen molar-refractivity contribution >= 4 is 0 Å². The summed E-state index contributed by atoms with van der Waals surface area (Å²) in [6, 6.07) is -2.27. The van der Waals surface area contributed by atoms with Crippen molar-refractivity contribution in [2.45, 2.75) is 117 Å². The lowest BCUT2D eigenvalue weighted by molar-refractivity contribution is -0.372. The summed E-state index contributed by atoms with van der Waals surface area (Å²) in [5.41, 5.74) is 24.1. The molecule has 1 saturated carbocycles. The van der Waals surface area contributed by atoms with Crippen molar-refractivity contribution in [1.29, 1.82) is 0 Å². The molecule has 15 atom stereocenters. The molecule has 4 aliphatic rings. The zero-order chi connectivity index (χ0) is 27.6. The van der Waals surface area contributed by atoms with Gasteiger partial charge >= 0.3 is 0 Å². The molecule has 4 fully saturated rings. The van der Waals surface area contributed by atoms with Crippen LogP contribution in [0.1, 0.15) is 25.7 Å². The van der Waals surface area contributed by atoms with E-state index in [1.165, 1.54) is 0 Å². The molecule has 0 amide bonds. The Labute approximate surface area is 222 Å². The lowest BCUT2D eigenvalue weighted by atomic mass is 9.88. The van der Waals surface area contributed by atoms with E-state index in [4.69, 9.17) is 46.6 Å². The molecule has 3 heterocycles. The molecule has 4 rings (SSSR count). The molecular formula is C23H46N6O9. The van der Waals surface area contributed by atoms with E-state index < -0.39 is 80.2 Å². The quantitative estimate of drug-likeness (QED) is 0.129. The maximum Gasteiger partial charge on any atom is 0.189 e. The van der Waals surface area contributed by atoms with Gasteiger partial charge in [-0.3, -0.25) is 0 Å². The van der Waals surface area contributed by atoms with E-state index in [-0.39, 0.29) is 18.2 Å². The van der Waals surface area contributed by atoms with E-state index in [2.05, 4.69) is 10.6 Å². The highest BCUT2D eigenvalue weighted by atomic mass is 16.8. The van der Waals surface area contributed by atoms with Gasteiger partial charge in [-0.05, 0) is 32.7 Å². The van der Waals surface area contributed by atoms with Crippen LogP contribution in [0.3, 0.4) is 0 Å². The first kappa shape index (κ1) is 30.4. The molecule has 0 radical (unpaired) electrons. The number of hydrogen-bond acceptors (Lipinski definition) is 15. The molecule has 0 aromatic carbocycles. The van der Waals surface area contributed by atoms with Crippen molar-refractivity contribution < 1.29 is 44.1 Å². The van der Waals surface area contributed by atoms with Gasteiger partial charge in [-0.25, -0.2) is 0 Å². The van der Waals surface area contributed by atoms with Crippen LogP contribution in [-0.2, 0) is 23.7 Å². The summed E-state index contributed by atoms with van der Waals surface area (Å²) < 4.78 is 30.1. The highest BCUT2D eigenvalue weighted by molar-refractivity contribution is 5.00. The second-order valence-electron chi connectivity index (χ2n) is 10.7. The van der Waals surface area contributed by atoms with Gasteiger partial charge in [0.15, 0.2) is 18.9 Å². The summed E-state index contributed by atoms with van der Waals surface area (Å²) in [4.78, 5) is 0. The normalized spacial score (nSPS) is 50.0. The molecule has 222 valence electrons. The van der Waals surface area contributed by atoms with E-state index in [9.17, 15) is 20.4 Å². The van der Waals surface area contributed by atoms with Crippen LogP contribution in [0.15, 0.2) is 0 Å². The van der Waals surface area contributed by atoms with Crippen LogP contribution >= 0.6 is 0 Å². The number of ether oxygens (including phenoxy) is 5. The number of aliphatic hydroxyl groups is 4. The number of hydrogen-bond donors (Lipinski definition) is 10. The van der Waals surface area contributed by atoms with E-state index in [1.54, 1.807) is 7.05 Å². The van der Waals surface area contributed by atoms with E-state index in [0.29, 0.717) is 32.4 Å². The van der Waals surface area contributed by atoms with Crippen LogP contribution in [0.25, 0.3) is 0 Å². The largest absolute Gasteiger partial charge is 0.394 e. The SMILES string of the molecule is CNC1C(OC2OC(CO)C(NCCN)C(O)C2O)O[C@H]2C[C@H](N)C(O[C@H]3CC[C@H](N)CC3N)OC2C1O. The third kappa shape index (κ3) is 6.48. The lowest BCUT2D eigenvalue weighted by Gasteiger charge is -2.51. The molecule has 3 saturated heterocycles. The first-order valence-corrected chi connectivity index (χ1v) is 13.5. The third-order valence-electron chi connectivity index (χ3n) is 8.01. The standard InChI is InChI=1S/C23H46N6O9/c1-28-16-18(32)20-13(7-11(27)21(37-20)34-12-3-2-9(25)6-10(12)26)35-22(16)38-23-19(33)17(31)15(29-5-4-24)14(8-30)36-23/h9-23,28-33H,2-8,24-27H2,1H3/t9-,10?,11-,12-,13-,14?,15?,16?,17?,18?,19?,20?,21?,22?,23?/m0/s1. The van der Waals surface area contributed by atoms with Gasteiger partial charge in [0.05, 0.1) is 36.9 Å².